The first-order chi connectivity index (χ1) is 11.1. The Labute approximate surface area is 139 Å². The van der Waals surface area contributed by atoms with Crippen LogP contribution in [-0.4, -0.2) is 20.7 Å². The first kappa shape index (κ1) is 15.6. The zero-order chi connectivity index (χ0) is 16.4. The van der Waals surface area contributed by atoms with Crippen molar-refractivity contribution in [2.24, 2.45) is 4.99 Å². The molecule has 0 radical (unpaired) electrons. The van der Waals surface area contributed by atoms with Gasteiger partial charge < -0.3 is 4.42 Å². The number of nitrogens with zero attached hydrogens (tertiary/aromatic N) is 2. The van der Waals surface area contributed by atoms with Crippen LogP contribution in [0.3, 0.4) is 0 Å². The standard InChI is InChI=1S/C15H10N2O4S2/c1-22-15-16-12(14(18)23-15)8-11-5-6-13(21-11)9-3-2-4-10(7-9)17(19)20/h2-8H,1H3/b12-8-. The average molecular weight is 346 g/mol. The zero-order valence-corrected chi connectivity index (χ0v) is 13.5. The molecule has 0 N–H and O–H groups in total. The van der Waals surface area contributed by atoms with Crippen molar-refractivity contribution in [3.05, 3.63) is 58.0 Å². The van der Waals surface area contributed by atoms with Gasteiger partial charge in [-0.15, -0.1) is 11.8 Å². The van der Waals surface area contributed by atoms with E-state index in [2.05, 4.69) is 4.99 Å². The fourth-order valence-electron chi connectivity index (χ4n) is 1.97. The molecule has 116 valence electrons. The molecule has 1 aliphatic rings. The highest BCUT2D eigenvalue weighted by Crippen LogP contribution is 2.31. The maximum atomic E-state index is 11.8. The second-order valence-corrected chi connectivity index (χ2v) is 6.53. The van der Waals surface area contributed by atoms with Gasteiger partial charge in [0.05, 0.1) is 4.92 Å². The fraction of sp³-hybridized carbons (Fsp3) is 0.0667. The molecule has 1 aromatic heterocycles. The van der Waals surface area contributed by atoms with Crippen molar-refractivity contribution < 1.29 is 14.1 Å². The number of carbonyl (C=O) groups excluding carboxylic acids is 1. The summed E-state index contributed by atoms with van der Waals surface area (Å²) in [6.45, 7) is 0. The number of thioether (sulfide) groups is 2. The van der Waals surface area contributed by atoms with Crippen molar-refractivity contribution in [2.45, 2.75) is 0 Å². The third kappa shape index (κ3) is 3.38. The van der Waals surface area contributed by atoms with E-state index in [1.54, 1.807) is 30.3 Å². The minimum Gasteiger partial charge on any atom is -0.457 e. The largest absolute Gasteiger partial charge is 0.457 e. The van der Waals surface area contributed by atoms with Crippen LogP contribution in [-0.2, 0) is 4.79 Å². The van der Waals surface area contributed by atoms with Gasteiger partial charge in [-0.05, 0) is 30.2 Å². The summed E-state index contributed by atoms with van der Waals surface area (Å²) in [6, 6.07) is 9.59. The van der Waals surface area contributed by atoms with Gasteiger partial charge in [-0.1, -0.05) is 12.1 Å². The molecule has 0 amide bonds. The number of benzene rings is 1. The molecule has 0 aliphatic carbocycles. The molecule has 0 fully saturated rings. The average Bonchev–Trinajstić information content (AvgIpc) is 3.15. The van der Waals surface area contributed by atoms with Crippen LogP contribution < -0.4 is 0 Å². The Hall–Kier alpha value is -2.32. The van der Waals surface area contributed by atoms with E-state index in [-0.39, 0.29) is 10.8 Å². The molecule has 2 aromatic rings. The van der Waals surface area contributed by atoms with Gasteiger partial charge in [0, 0.05) is 23.8 Å². The van der Waals surface area contributed by atoms with Crippen LogP contribution in [0.25, 0.3) is 17.4 Å². The van der Waals surface area contributed by atoms with Gasteiger partial charge in [0.15, 0.2) is 0 Å². The van der Waals surface area contributed by atoms with Gasteiger partial charge in [0.25, 0.3) is 5.69 Å². The second-order valence-electron chi connectivity index (χ2n) is 4.51. The Balaban J connectivity index is 1.89. The van der Waals surface area contributed by atoms with Crippen molar-refractivity contribution in [1.82, 2.24) is 0 Å². The number of carbonyl (C=O) groups is 1. The lowest BCUT2D eigenvalue weighted by Gasteiger charge is -1.97. The predicted octanol–water partition coefficient (Wildman–Crippen LogP) is 4.19. The molecule has 0 atom stereocenters. The molecule has 0 saturated carbocycles. The lowest BCUT2D eigenvalue weighted by atomic mass is 10.1. The Kier molecular flexibility index (Phi) is 4.35. The van der Waals surface area contributed by atoms with Crippen molar-refractivity contribution >= 4 is 44.8 Å². The van der Waals surface area contributed by atoms with E-state index >= 15 is 0 Å². The van der Waals surface area contributed by atoms with E-state index in [0.717, 1.165) is 11.8 Å². The number of nitro groups is 1. The molecule has 23 heavy (non-hydrogen) atoms. The van der Waals surface area contributed by atoms with Crippen LogP contribution in [0.15, 0.2) is 51.5 Å². The fourth-order valence-corrected chi connectivity index (χ4v) is 3.23. The molecule has 6 nitrogen and oxygen atoms in total. The highest BCUT2D eigenvalue weighted by atomic mass is 32.2. The molecular formula is C15H10N2O4S2. The van der Waals surface area contributed by atoms with Gasteiger partial charge >= 0.3 is 0 Å². The van der Waals surface area contributed by atoms with Crippen molar-refractivity contribution in [3.8, 4) is 11.3 Å². The lowest BCUT2D eigenvalue weighted by Crippen LogP contribution is -1.87. The van der Waals surface area contributed by atoms with Crippen LogP contribution in [0.1, 0.15) is 5.76 Å². The summed E-state index contributed by atoms with van der Waals surface area (Å²) < 4.78 is 6.35. The normalized spacial score (nSPS) is 16.0. The summed E-state index contributed by atoms with van der Waals surface area (Å²) in [4.78, 5) is 26.4. The van der Waals surface area contributed by atoms with Gasteiger partial charge in [0.1, 0.15) is 21.6 Å². The van der Waals surface area contributed by atoms with E-state index in [1.165, 1.54) is 23.9 Å². The lowest BCUT2D eigenvalue weighted by molar-refractivity contribution is -0.384. The number of non-ortho nitro benzene ring substituents is 1. The highest BCUT2D eigenvalue weighted by molar-refractivity contribution is 8.45. The smallest absolute Gasteiger partial charge is 0.270 e. The summed E-state index contributed by atoms with van der Waals surface area (Å²) in [5, 5.41) is 10.7. The summed E-state index contributed by atoms with van der Waals surface area (Å²) in [5.41, 5.74) is 0.930. The van der Waals surface area contributed by atoms with Gasteiger partial charge in [-0.2, -0.15) is 0 Å². The molecule has 0 saturated heterocycles. The third-order valence-corrected chi connectivity index (χ3v) is 4.87. The molecule has 0 spiro atoms. The maximum absolute atomic E-state index is 11.8. The maximum Gasteiger partial charge on any atom is 0.270 e. The van der Waals surface area contributed by atoms with E-state index in [0.29, 0.717) is 27.2 Å². The zero-order valence-electron chi connectivity index (χ0n) is 11.9. The van der Waals surface area contributed by atoms with Crippen molar-refractivity contribution in [3.63, 3.8) is 0 Å². The van der Waals surface area contributed by atoms with Crippen LogP contribution in [0.4, 0.5) is 5.69 Å². The van der Waals surface area contributed by atoms with E-state index < -0.39 is 4.92 Å². The molecule has 3 rings (SSSR count). The molecule has 2 heterocycles. The molecule has 0 unspecified atom stereocenters. The summed E-state index contributed by atoms with van der Waals surface area (Å²) in [6.07, 6.45) is 3.43. The van der Waals surface area contributed by atoms with Crippen LogP contribution in [0.2, 0.25) is 0 Å². The van der Waals surface area contributed by atoms with Crippen LogP contribution >= 0.6 is 23.5 Å². The number of aliphatic imine (C=N–C) groups is 1. The molecule has 8 heteroatoms. The number of rotatable bonds is 3. The SMILES string of the molecule is CSC1=N/C(=C\c2ccc(-c3cccc([N+](=O)[O-])c3)o2)C(=O)S1. The Bertz CT molecular complexity index is 855. The minimum absolute atomic E-state index is 0.00427. The molecule has 0 bridgehead atoms. The predicted molar refractivity (Wildman–Crippen MR) is 92.3 cm³/mol. The third-order valence-electron chi connectivity index (χ3n) is 3.02. The number of furan rings is 1. The number of hydrogen-bond acceptors (Lipinski definition) is 7. The molecular weight excluding hydrogens is 336 g/mol. The van der Waals surface area contributed by atoms with Gasteiger partial charge in [-0.3, -0.25) is 14.9 Å². The van der Waals surface area contributed by atoms with E-state index in [9.17, 15) is 14.9 Å². The van der Waals surface area contributed by atoms with E-state index in [1.807, 2.05) is 6.26 Å². The second kappa shape index (κ2) is 6.43. The van der Waals surface area contributed by atoms with Crippen molar-refractivity contribution in [1.29, 1.82) is 0 Å². The summed E-state index contributed by atoms with van der Waals surface area (Å²) in [5.74, 6) is 0.967. The van der Waals surface area contributed by atoms with Crippen molar-refractivity contribution in [2.75, 3.05) is 6.26 Å². The minimum atomic E-state index is -0.456. The Morgan fingerprint density at radius 3 is 2.87 bits per heavy atom. The molecule has 1 aliphatic heterocycles. The Morgan fingerprint density at radius 1 is 1.35 bits per heavy atom. The van der Waals surface area contributed by atoms with Gasteiger partial charge in [-0.25, -0.2) is 4.99 Å². The highest BCUT2D eigenvalue weighted by Gasteiger charge is 2.22. The first-order valence-electron chi connectivity index (χ1n) is 6.48. The van der Waals surface area contributed by atoms with E-state index in [4.69, 9.17) is 4.42 Å². The van der Waals surface area contributed by atoms with Crippen LogP contribution in [0, 0.1) is 10.1 Å². The number of hydrogen-bond donors (Lipinski definition) is 0. The summed E-state index contributed by atoms with van der Waals surface area (Å²) >= 11 is 2.50. The molecule has 1 aromatic carbocycles. The monoisotopic (exact) mass is 346 g/mol. The topological polar surface area (TPSA) is 85.7 Å². The summed E-state index contributed by atoms with van der Waals surface area (Å²) in [7, 11) is 0. The number of nitro benzene ring substituents is 1. The Morgan fingerprint density at radius 2 is 2.17 bits per heavy atom. The van der Waals surface area contributed by atoms with Gasteiger partial charge in [0.2, 0.25) is 5.12 Å². The van der Waals surface area contributed by atoms with Crippen LogP contribution in [0.5, 0.6) is 0 Å². The quantitative estimate of drug-likeness (QED) is 0.470. The first-order valence-corrected chi connectivity index (χ1v) is 8.52.